The number of hydrogen-bond acceptors (Lipinski definition) is 9. The van der Waals surface area contributed by atoms with Gasteiger partial charge in [-0.3, -0.25) is 20.2 Å². The van der Waals surface area contributed by atoms with Gasteiger partial charge in [-0.05, 0) is 39.8 Å². The maximum Gasteiger partial charge on any atom is 0.338 e. The maximum atomic E-state index is 11.4. The summed E-state index contributed by atoms with van der Waals surface area (Å²) in [6.45, 7) is 6.82. The number of halogens is 2. The normalized spacial score (nSPS) is 9.26. The summed E-state index contributed by atoms with van der Waals surface area (Å²) in [5, 5.41) is 37.2. The molecule has 12 nitrogen and oxygen atoms in total. The highest BCUT2D eigenvalue weighted by molar-refractivity contribution is 8.26. The third-order valence-corrected chi connectivity index (χ3v) is 3.73. The number of carbonyl (C=O) groups is 2. The Hall–Kier alpha value is -3.13. The van der Waals surface area contributed by atoms with Crippen molar-refractivity contribution in [1.82, 2.24) is 0 Å². The van der Waals surface area contributed by atoms with Crippen molar-refractivity contribution >= 4 is 53.9 Å². The van der Waals surface area contributed by atoms with Gasteiger partial charge in [-0.2, -0.15) is 0 Å². The van der Waals surface area contributed by atoms with Crippen LogP contribution >= 0.6 is 21.4 Å². The van der Waals surface area contributed by atoms with Crippen LogP contribution in [-0.2, 0) is 14.0 Å². The van der Waals surface area contributed by atoms with Gasteiger partial charge in [0.1, 0.15) is 0 Å². The van der Waals surface area contributed by atoms with E-state index in [2.05, 4.69) is 21.4 Å². The molecule has 15 heteroatoms. The van der Waals surface area contributed by atoms with Gasteiger partial charge < -0.3 is 14.9 Å². The fourth-order valence-electron chi connectivity index (χ4n) is 2.30. The monoisotopic (exact) mass is 554 g/mol. The Balaban J connectivity index is 0. The molecule has 0 aliphatic carbocycles. The van der Waals surface area contributed by atoms with Crippen LogP contribution in [0.25, 0.3) is 0 Å². The third kappa shape index (κ3) is 13.4. The predicted molar refractivity (Wildman–Crippen MR) is 131 cm³/mol. The molecule has 0 bridgehead atoms. The lowest BCUT2D eigenvalue weighted by molar-refractivity contribution is -0.385. The molecule has 0 amide bonds. The maximum absolute atomic E-state index is 11.4. The van der Waals surface area contributed by atoms with Crippen molar-refractivity contribution in [2.24, 2.45) is 0 Å². The molecule has 0 aromatic heterocycles. The summed E-state index contributed by atoms with van der Waals surface area (Å²) >= 11 is 0. The molecule has 0 atom stereocenters. The van der Waals surface area contributed by atoms with Crippen molar-refractivity contribution in [1.29, 1.82) is 0 Å². The molecule has 0 radical (unpaired) electrons. The Bertz CT molecular complexity index is 1010. The molecule has 0 aliphatic rings. The van der Waals surface area contributed by atoms with Crippen molar-refractivity contribution in [3.8, 4) is 0 Å². The summed E-state index contributed by atoms with van der Waals surface area (Å²) < 4.78 is 13.9. The van der Waals surface area contributed by atoms with Gasteiger partial charge in [0, 0.05) is 51.2 Å². The Morgan fingerprint density at radius 3 is 1.60 bits per heavy atom. The van der Waals surface area contributed by atoms with Crippen molar-refractivity contribution < 1.29 is 38.6 Å². The number of carbonyl (C=O) groups excluding carboxylic acids is 1. The number of nitro groups is 2. The number of ether oxygens (including phenoxy) is 1. The first kappa shape index (κ1) is 34.0. The van der Waals surface area contributed by atoms with E-state index < -0.39 is 31.0 Å². The molecule has 0 aliphatic heterocycles. The van der Waals surface area contributed by atoms with E-state index in [1.807, 2.05) is 0 Å². The van der Waals surface area contributed by atoms with Crippen LogP contribution in [0.5, 0.6) is 0 Å². The van der Waals surface area contributed by atoms with Gasteiger partial charge in [-0.1, -0.05) is 12.1 Å². The zero-order chi connectivity index (χ0) is 27.7. The average molecular weight is 555 g/mol. The van der Waals surface area contributed by atoms with Crippen LogP contribution in [0.1, 0.15) is 45.7 Å². The van der Waals surface area contributed by atoms with E-state index in [1.54, 1.807) is 13.8 Å². The second-order valence-electron chi connectivity index (χ2n) is 5.94. The molecule has 35 heavy (non-hydrogen) atoms. The molecule has 194 valence electrons. The van der Waals surface area contributed by atoms with E-state index in [0.717, 1.165) is 0 Å². The van der Waals surface area contributed by atoms with Crippen molar-refractivity contribution in [2.75, 3.05) is 13.2 Å². The zero-order valence-corrected chi connectivity index (χ0v) is 21.4. The summed E-state index contributed by atoms with van der Waals surface area (Å²) in [5.74, 6) is -1.68. The highest BCUT2D eigenvalue weighted by Crippen LogP contribution is 2.22. The number of carboxylic acid groups (broad SMARTS) is 1. The molecular formula is C20H24Cl2N2O10S. The molecular weight excluding hydrogens is 531 g/mol. The predicted octanol–water partition coefficient (Wildman–Crippen LogP) is 4.72. The lowest BCUT2D eigenvalue weighted by Gasteiger charge is -2.04. The SMILES string of the molecule is CCO.CCOC(=O)c1cccc([N+](=O)[O-])c1C.Cc1c(C(=O)O)cccc1[N+](=O)[O-].O=S(Cl)Cl. The Labute approximate surface area is 212 Å². The molecule has 2 N–H and O–H groups in total. The Kier molecular flexibility index (Phi) is 17.7. The average Bonchev–Trinajstić information content (AvgIpc) is 2.74. The topological polar surface area (TPSA) is 187 Å². The molecule has 0 saturated heterocycles. The first-order valence-electron chi connectivity index (χ1n) is 9.50. The van der Waals surface area contributed by atoms with E-state index in [9.17, 15) is 29.8 Å². The minimum Gasteiger partial charge on any atom is -0.478 e. The Morgan fingerprint density at radius 1 is 0.943 bits per heavy atom. The second kappa shape index (κ2) is 18.2. The number of aliphatic hydroxyl groups is 1. The molecule has 0 unspecified atom stereocenters. The summed E-state index contributed by atoms with van der Waals surface area (Å²) in [6, 6.07) is 8.32. The minimum atomic E-state index is -1.67. The first-order chi connectivity index (χ1) is 16.3. The van der Waals surface area contributed by atoms with Crippen LogP contribution in [-0.4, -0.2) is 49.4 Å². The van der Waals surface area contributed by atoms with Gasteiger partial charge in [0.05, 0.1) is 27.6 Å². The Morgan fingerprint density at radius 2 is 1.29 bits per heavy atom. The number of esters is 1. The van der Waals surface area contributed by atoms with E-state index >= 15 is 0 Å². The number of carboxylic acids is 1. The highest BCUT2D eigenvalue weighted by Gasteiger charge is 2.18. The first-order valence-corrected chi connectivity index (χ1v) is 12.3. The number of aromatic carboxylic acids is 1. The van der Waals surface area contributed by atoms with Crippen LogP contribution in [0.4, 0.5) is 11.4 Å². The van der Waals surface area contributed by atoms with Crippen LogP contribution in [0.3, 0.4) is 0 Å². The second-order valence-corrected chi connectivity index (χ2v) is 8.46. The summed E-state index contributed by atoms with van der Waals surface area (Å²) in [5.41, 5.74) is 0.488. The summed E-state index contributed by atoms with van der Waals surface area (Å²) in [7, 11) is 7.36. The van der Waals surface area contributed by atoms with E-state index in [0.29, 0.717) is 5.56 Å². The smallest absolute Gasteiger partial charge is 0.338 e. The molecule has 0 saturated carbocycles. The van der Waals surface area contributed by atoms with Crippen LogP contribution in [0.2, 0.25) is 0 Å². The summed E-state index contributed by atoms with van der Waals surface area (Å²) in [6.07, 6.45) is 0. The van der Waals surface area contributed by atoms with Crippen molar-refractivity contribution in [3.05, 3.63) is 78.9 Å². The third-order valence-electron chi connectivity index (χ3n) is 3.73. The van der Waals surface area contributed by atoms with Crippen LogP contribution in [0, 0.1) is 34.1 Å². The molecule has 0 fully saturated rings. The lowest BCUT2D eigenvalue weighted by Crippen LogP contribution is -2.07. The largest absolute Gasteiger partial charge is 0.478 e. The van der Waals surface area contributed by atoms with E-state index in [1.165, 1.54) is 50.2 Å². The van der Waals surface area contributed by atoms with E-state index in [-0.39, 0.29) is 41.3 Å². The van der Waals surface area contributed by atoms with Gasteiger partial charge >= 0.3 is 11.9 Å². The highest BCUT2D eigenvalue weighted by atomic mass is 36.0. The fourth-order valence-corrected chi connectivity index (χ4v) is 2.30. The minimum absolute atomic E-state index is 0.0331. The zero-order valence-electron chi connectivity index (χ0n) is 19.1. The number of aliphatic hydroxyl groups excluding tert-OH is 1. The number of benzene rings is 2. The molecule has 2 aromatic rings. The standard InChI is InChI=1S/C10H11NO4.C8H7NO4.C2H6O.Cl2OS/c1-3-15-10(12)8-5-4-6-9(7(8)2)11(13)14;1-5-6(8(10)11)3-2-4-7(5)9(12)13;1-2-3;1-4(2)3/h4-6H,3H2,1-2H3;2-4H,1H3,(H,10,11);3H,2H2,1H3;. The van der Waals surface area contributed by atoms with Gasteiger partial charge in [0.25, 0.3) is 11.4 Å². The van der Waals surface area contributed by atoms with Gasteiger partial charge in [-0.15, -0.1) is 0 Å². The van der Waals surface area contributed by atoms with Crippen molar-refractivity contribution in [3.63, 3.8) is 0 Å². The van der Waals surface area contributed by atoms with Gasteiger partial charge in [0.15, 0.2) is 0 Å². The number of nitro benzene ring substituents is 2. The quantitative estimate of drug-likeness (QED) is 0.226. The fraction of sp³-hybridized carbons (Fsp3) is 0.300. The van der Waals surface area contributed by atoms with Gasteiger partial charge in [-0.25, -0.2) is 13.8 Å². The lowest BCUT2D eigenvalue weighted by atomic mass is 10.1. The number of rotatable bonds is 5. The van der Waals surface area contributed by atoms with Crippen LogP contribution < -0.4 is 0 Å². The van der Waals surface area contributed by atoms with Gasteiger partial charge in [0.2, 0.25) is 9.23 Å². The molecule has 2 rings (SSSR count). The van der Waals surface area contributed by atoms with E-state index in [4.69, 9.17) is 19.2 Å². The van der Waals surface area contributed by atoms with Crippen LogP contribution in [0.15, 0.2) is 36.4 Å². The molecule has 2 aromatic carbocycles. The molecule has 0 heterocycles. The van der Waals surface area contributed by atoms with Crippen molar-refractivity contribution in [2.45, 2.75) is 27.7 Å². The number of hydrogen-bond donors (Lipinski definition) is 2. The summed E-state index contributed by atoms with van der Waals surface area (Å²) in [4.78, 5) is 41.9. The molecule has 0 spiro atoms. The number of nitrogens with zero attached hydrogens (tertiary/aromatic N) is 2.